The van der Waals surface area contributed by atoms with Gasteiger partial charge in [-0.15, -0.1) is 0 Å². The molecule has 4 rings (SSSR count). The van der Waals surface area contributed by atoms with Crippen LogP contribution in [0.15, 0.2) is 48.5 Å². The summed E-state index contributed by atoms with van der Waals surface area (Å²) >= 11 is 0. The van der Waals surface area contributed by atoms with Gasteiger partial charge in [-0.05, 0) is 53.5 Å². The van der Waals surface area contributed by atoms with E-state index in [1.165, 1.54) is 16.7 Å². The first-order chi connectivity index (χ1) is 13.3. The standard InChI is InChI=1S/C24H30N2O2/c1-23(2,3)19-9-7-18(8-10-19)21-25-24(14-15-24)22(27)26(21)16-13-17-5-11-20(28-4)12-6-17/h5-12,21,25H,13-16H2,1-4H3. The van der Waals surface area contributed by atoms with Crippen LogP contribution in [0, 0.1) is 0 Å². The molecule has 1 aliphatic carbocycles. The molecule has 4 heteroatoms. The lowest BCUT2D eigenvalue weighted by Crippen LogP contribution is -2.33. The Kier molecular flexibility index (Phi) is 4.70. The lowest BCUT2D eigenvalue weighted by molar-refractivity contribution is -0.130. The fraction of sp³-hybridized carbons (Fsp3) is 0.458. The highest BCUT2D eigenvalue weighted by Crippen LogP contribution is 2.46. The van der Waals surface area contributed by atoms with Gasteiger partial charge < -0.3 is 9.64 Å². The van der Waals surface area contributed by atoms with E-state index in [0.29, 0.717) is 6.54 Å². The lowest BCUT2D eigenvalue weighted by atomic mass is 9.86. The van der Waals surface area contributed by atoms with Gasteiger partial charge in [0.2, 0.25) is 5.91 Å². The summed E-state index contributed by atoms with van der Waals surface area (Å²) in [5, 5.41) is 3.63. The van der Waals surface area contributed by atoms with E-state index in [1.807, 2.05) is 17.0 Å². The zero-order chi connectivity index (χ0) is 19.9. The summed E-state index contributed by atoms with van der Waals surface area (Å²) in [4.78, 5) is 15.1. The van der Waals surface area contributed by atoms with Crippen molar-refractivity contribution in [1.82, 2.24) is 10.2 Å². The van der Waals surface area contributed by atoms with Gasteiger partial charge in [0.1, 0.15) is 17.5 Å². The van der Waals surface area contributed by atoms with E-state index in [9.17, 15) is 4.79 Å². The van der Waals surface area contributed by atoms with Crippen LogP contribution in [0.4, 0.5) is 0 Å². The van der Waals surface area contributed by atoms with Crippen molar-refractivity contribution < 1.29 is 9.53 Å². The van der Waals surface area contributed by atoms with Crippen LogP contribution < -0.4 is 10.1 Å². The number of ether oxygens (including phenoxy) is 1. The molecule has 0 radical (unpaired) electrons. The van der Waals surface area contributed by atoms with Crippen molar-refractivity contribution in [3.05, 3.63) is 65.2 Å². The smallest absolute Gasteiger partial charge is 0.244 e. The molecular weight excluding hydrogens is 348 g/mol. The normalized spacial score (nSPS) is 20.6. The zero-order valence-corrected chi connectivity index (χ0v) is 17.3. The maximum absolute atomic E-state index is 13.1. The summed E-state index contributed by atoms with van der Waals surface area (Å²) in [7, 11) is 1.67. The molecule has 0 aromatic heterocycles. The lowest BCUT2D eigenvalue weighted by Gasteiger charge is -2.26. The quantitative estimate of drug-likeness (QED) is 0.848. The van der Waals surface area contributed by atoms with Gasteiger partial charge in [0.15, 0.2) is 0 Å². The summed E-state index contributed by atoms with van der Waals surface area (Å²) in [6, 6.07) is 16.8. The van der Waals surface area contributed by atoms with Crippen LogP contribution in [0.25, 0.3) is 0 Å². The molecule has 1 unspecified atom stereocenters. The summed E-state index contributed by atoms with van der Waals surface area (Å²) in [6.45, 7) is 7.38. The molecule has 0 bridgehead atoms. The Morgan fingerprint density at radius 1 is 1.07 bits per heavy atom. The van der Waals surface area contributed by atoms with E-state index in [2.05, 4.69) is 62.5 Å². The molecule has 148 valence electrons. The van der Waals surface area contributed by atoms with E-state index in [0.717, 1.165) is 25.0 Å². The van der Waals surface area contributed by atoms with Crippen LogP contribution in [-0.2, 0) is 16.6 Å². The fourth-order valence-corrected chi connectivity index (χ4v) is 3.98. The number of nitrogens with one attached hydrogen (secondary N) is 1. The molecule has 1 saturated carbocycles. The van der Waals surface area contributed by atoms with Crippen molar-refractivity contribution in [1.29, 1.82) is 0 Å². The Bertz CT molecular complexity index is 846. The second-order valence-corrected chi connectivity index (χ2v) is 9.10. The molecule has 1 N–H and O–H groups in total. The molecule has 1 amide bonds. The Morgan fingerprint density at radius 3 is 2.25 bits per heavy atom. The summed E-state index contributed by atoms with van der Waals surface area (Å²) in [6.07, 6.45) is 2.69. The highest BCUT2D eigenvalue weighted by molar-refractivity contribution is 5.92. The molecule has 1 aliphatic heterocycles. The number of carbonyl (C=O) groups is 1. The van der Waals surface area contributed by atoms with Gasteiger partial charge in [-0.1, -0.05) is 57.2 Å². The molecule has 1 heterocycles. The van der Waals surface area contributed by atoms with Gasteiger partial charge >= 0.3 is 0 Å². The zero-order valence-electron chi connectivity index (χ0n) is 17.3. The first-order valence-electron chi connectivity index (χ1n) is 10.1. The second kappa shape index (κ2) is 6.93. The number of carbonyl (C=O) groups excluding carboxylic acids is 1. The minimum absolute atomic E-state index is 0.0396. The fourth-order valence-electron chi connectivity index (χ4n) is 3.98. The third kappa shape index (κ3) is 3.53. The third-order valence-corrected chi connectivity index (χ3v) is 6.04. The van der Waals surface area contributed by atoms with Crippen molar-refractivity contribution in [2.75, 3.05) is 13.7 Å². The van der Waals surface area contributed by atoms with Gasteiger partial charge in [-0.25, -0.2) is 0 Å². The maximum atomic E-state index is 13.1. The first kappa shape index (κ1) is 19.0. The molecule has 4 nitrogen and oxygen atoms in total. The van der Waals surface area contributed by atoms with E-state index >= 15 is 0 Å². The van der Waals surface area contributed by atoms with Crippen molar-refractivity contribution in [3.8, 4) is 5.75 Å². The minimum atomic E-state index is -0.312. The predicted octanol–water partition coefficient (Wildman–Crippen LogP) is 4.20. The monoisotopic (exact) mass is 378 g/mol. The SMILES string of the molecule is COc1ccc(CCN2C(=O)C3(CC3)NC2c2ccc(C(C)(C)C)cc2)cc1. The molecule has 2 aliphatic rings. The van der Waals surface area contributed by atoms with E-state index in [4.69, 9.17) is 4.74 Å². The number of amides is 1. The van der Waals surface area contributed by atoms with Gasteiger partial charge in [0.05, 0.1) is 7.11 Å². The van der Waals surface area contributed by atoms with E-state index < -0.39 is 0 Å². The summed E-state index contributed by atoms with van der Waals surface area (Å²) < 4.78 is 5.23. The first-order valence-corrected chi connectivity index (χ1v) is 10.1. The molecule has 1 spiro atoms. The largest absolute Gasteiger partial charge is 0.497 e. The van der Waals surface area contributed by atoms with Crippen LogP contribution in [0.5, 0.6) is 5.75 Å². The Balaban J connectivity index is 1.52. The van der Waals surface area contributed by atoms with Crippen LogP contribution in [0.1, 0.15) is 56.5 Å². The molecular formula is C24H30N2O2. The third-order valence-electron chi connectivity index (χ3n) is 6.04. The van der Waals surface area contributed by atoms with Gasteiger partial charge in [0, 0.05) is 6.54 Å². The van der Waals surface area contributed by atoms with Crippen molar-refractivity contribution >= 4 is 5.91 Å². The molecule has 2 aromatic carbocycles. The van der Waals surface area contributed by atoms with Gasteiger partial charge in [-0.3, -0.25) is 10.1 Å². The molecule has 1 saturated heterocycles. The Labute approximate surface area is 167 Å². The maximum Gasteiger partial charge on any atom is 0.244 e. The number of nitrogens with zero attached hydrogens (tertiary/aromatic N) is 1. The van der Waals surface area contributed by atoms with Crippen molar-refractivity contribution in [2.45, 2.75) is 57.2 Å². The molecule has 1 atom stereocenters. The predicted molar refractivity (Wildman–Crippen MR) is 111 cm³/mol. The van der Waals surface area contributed by atoms with E-state index in [-0.39, 0.29) is 23.0 Å². The number of methoxy groups -OCH3 is 1. The topological polar surface area (TPSA) is 41.6 Å². The van der Waals surface area contributed by atoms with Crippen molar-refractivity contribution in [2.24, 2.45) is 0 Å². The average Bonchev–Trinajstić information content (AvgIpc) is 3.42. The van der Waals surface area contributed by atoms with Crippen LogP contribution in [0.3, 0.4) is 0 Å². The average molecular weight is 379 g/mol. The Hall–Kier alpha value is -2.33. The van der Waals surface area contributed by atoms with Crippen LogP contribution >= 0.6 is 0 Å². The number of benzene rings is 2. The highest BCUT2D eigenvalue weighted by atomic mass is 16.5. The van der Waals surface area contributed by atoms with Gasteiger partial charge in [-0.2, -0.15) is 0 Å². The Morgan fingerprint density at radius 2 is 1.71 bits per heavy atom. The molecule has 2 aromatic rings. The minimum Gasteiger partial charge on any atom is -0.497 e. The van der Waals surface area contributed by atoms with Crippen LogP contribution in [-0.4, -0.2) is 30.0 Å². The summed E-state index contributed by atoms with van der Waals surface area (Å²) in [5.41, 5.74) is 3.51. The highest BCUT2D eigenvalue weighted by Gasteiger charge is 2.59. The number of rotatable bonds is 5. The van der Waals surface area contributed by atoms with E-state index in [1.54, 1.807) is 7.11 Å². The second-order valence-electron chi connectivity index (χ2n) is 9.10. The molecule has 28 heavy (non-hydrogen) atoms. The molecule has 2 fully saturated rings. The van der Waals surface area contributed by atoms with Gasteiger partial charge in [0.25, 0.3) is 0 Å². The van der Waals surface area contributed by atoms with Crippen LogP contribution in [0.2, 0.25) is 0 Å². The van der Waals surface area contributed by atoms with Crippen molar-refractivity contribution in [3.63, 3.8) is 0 Å². The summed E-state index contributed by atoms with van der Waals surface area (Å²) in [5.74, 6) is 1.11. The number of hydrogen-bond acceptors (Lipinski definition) is 3. The number of hydrogen-bond donors (Lipinski definition) is 1.